The lowest BCUT2D eigenvalue weighted by molar-refractivity contribution is 0.0766. The number of hydrogen-bond donors (Lipinski definition) is 0. The summed E-state index contributed by atoms with van der Waals surface area (Å²) in [6.45, 7) is -1.89. The number of pyridine rings is 1. The Morgan fingerprint density at radius 2 is 2.03 bits per heavy atom. The van der Waals surface area contributed by atoms with Crippen LogP contribution in [0.3, 0.4) is 0 Å². The molecule has 1 amide bonds. The van der Waals surface area contributed by atoms with E-state index in [9.17, 15) is 4.79 Å². The molecule has 0 unspecified atom stereocenters. The van der Waals surface area contributed by atoms with E-state index in [4.69, 9.17) is 14.3 Å². The molecule has 0 spiro atoms. The van der Waals surface area contributed by atoms with Crippen molar-refractivity contribution in [2.75, 3.05) is 0 Å². The average molecular weight is 431 g/mol. The number of aromatic nitrogens is 3. The zero-order valence-corrected chi connectivity index (χ0v) is 17.7. The molecule has 2 aromatic heterocycles. The molecule has 1 aliphatic carbocycles. The first kappa shape index (κ1) is 16.5. The van der Waals surface area contributed by atoms with Gasteiger partial charge in [-0.05, 0) is 65.3 Å². The van der Waals surface area contributed by atoms with Crippen LogP contribution in [0.1, 0.15) is 48.7 Å². The molecule has 2 aliphatic rings. The van der Waals surface area contributed by atoms with E-state index in [0.717, 1.165) is 46.0 Å². The van der Waals surface area contributed by atoms with Gasteiger partial charge in [-0.25, -0.2) is 0 Å². The Hall–Kier alpha value is -3.18. The van der Waals surface area contributed by atoms with Gasteiger partial charge in [0, 0.05) is 36.4 Å². The Morgan fingerprint density at radius 3 is 2.84 bits per heavy atom. The molecule has 0 bridgehead atoms. The summed E-state index contributed by atoms with van der Waals surface area (Å²) in [7, 11) is 1.91. The number of aryl methyl sites for hydroxylation is 1. The van der Waals surface area contributed by atoms with E-state index in [1.807, 2.05) is 31.4 Å². The molecule has 6 rings (SSSR count). The van der Waals surface area contributed by atoms with Crippen LogP contribution in [-0.2, 0) is 20.1 Å². The zero-order chi connectivity index (χ0) is 22.9. The minimum atomic E-state index is -1.99. The van der Waals surface area contributed by atoms with Crippen molar-refractivity contribution >= 4 is 28.4 Å². The van der Waals surface area contributed by atoms with Crippen molar-refractivity contribution in [3.63, 3.8) is 0 Å². The molecule has 0 radical (unpaired) electrons. The molecule has 4 aromatic rings. The van der Waals surface area contributed by atoms with Gasteiger partial charge in [0.1, 0.15) is 0 Å². The Labute approximate surface area is 188 Å². The highest BCUT2D eigenvalue weighted by Crippen LogP contribution is 2.46. The molecule has 6 heteroatoms. The molecule has 0 N–H and O–H groups in total. The van der Waals surface area contributed by atoms with Crippen LogP contribution in [0.2, 0.25) is 5.02 Å². The topological polar surface area (TPSA) is 51.0 Å². The average Bonchev–Trinajstić information content (AvgIpc) is 3.53. The highest BCUT2D eigenvalue weighted by Gasteiger charge is 2.32. The van der Waals surface area contributed by atoms with E-state index in [1.54, 1.807) is 16.8 Å². The lowest BCUT2D eigenvalue weighted by atomic mass is 9.94. The fourth-order valence-corrected chi connectivity index (χ4v) is 4.70. The van der Waals surface area contributed by atoms with Crippen molar-refractivity contribution in [1.29, 1.82) is 0 Å². The maximum atomic E-state index is 13.1. The second-order valence-corrected chi connectivity index (χ2v) is 8.65. The molecular formula is C25H21ClN4O. The fourth-order valence-electron chi connectivity index (χ4n) is 4.41. The van der Waals surface area contributed by atoms with Crippen LogP contribution in [0, 0.1) is 0 Å². The molecule has 3 heterocycles. The van der Waals surface area contributed by atoms with Crippen LogP contribution < -0.4 is 0 Å². The van der Waals surface area contributed by atoms with Gasteiger partial charge in [0.15, 0.2) is 0 Å². The van der Waals surface area contributed by atoms with Crippen molar-refractivity contribution in [3.8, 4) is 11.1 Å². The first-order chi connectivity index (χ1) is 15.8. The molecule has 1 aliphatic heterocycles. The minimum absolute atomic E-state index is 0.101. The van der Waals surface area contributed by atoms with E-state index in [-0.39, 0.29) is 18.1 Å². The summed E-state index contributed by atoms with van der Waals surface area (Å²) in [6, 6.07) is 13.4. The van der Waals surface area contributed by atoms with E-state index < -0.39 is 6.50 Å². The predicted molar refractivity (Wildman–Crippen MR) is 121 cm³/mol. The van der Waals surface area contributed by atoms with Crippen LogP contribution in [0.25, 0.3) is 22.0 Å². The number of carbonyl (C=O) groups is 1. The van der Waals surface area contributed by atoms with Crippen LogP contribution >= 0.6 is 11.6 Å². The maximum absolute atomic E-state index is 13.1. The monoisotopic (exact) mass is 430 g/mol. The van der Waals surface area contributed by atoms with Crippen molar-refractivity contribution in [3.05, 3.63) is 82.3 Å². The lowest BCUT2D eigenvalue weighted by Gasteiger charge is -2.20. The summed E-state index contributed by atoms with van der Waals surface area (Å²) in [6.07, 6.45) is 5.65. The predicted octanol–water partition coefficient (Wildman–Crippen LogP) is 5.32. The number of fused-ring (bicyclic) bond motifs is 2. The van der Waals surface area contributed by atoms with Gasteiger partial charge in [0.2, 0.25) is 0 Å². The number of carbonyl (C=O) groups excluding carboxylic acids is 1. The van der Waals surface area contributed by atoms with Gasteiger partial charge in [-0.2, -0.15) is 5.10 Å². The fraction of sp³-hybridized carbons (Fsp3) is 0.240. The summed E-state index contributed by atoms with van der Waals surface area (Å²) >= 11 is 6.85. The van der Waals surface area contributed by atoms with Crippen LogP contribution in [0.15, 0.2) is 54.9 Å². The smallest absolute Gasteiger partial charge is 0.256 e. The van der Waals surface area contributed by atoms with Crippen molar-refractivity contribution in [2.24, 2.45) is 7.05 Å². The number of halogens is 1. The summed E-state index contributed by atoms with van der Waals surface area (Å²) < 4.78 is 19.0. The largest absolute Gasteiger partial charge is 0.328 e. The number of benzene rings is 2. The SMILES string of the molecule is [2H]C1([2H])c2ncccc2C(=O)N1Cc1c(Cl)cc(-c2cccc3nn(C)cc23)cc1C1CC1. The Bertz CT molecular complexity index is 1440. The molecule has 2 aromatic carbocycles. The zero-order valence-electron chi connectivity index (χ0n) is 19.0. The third kappa shape index (κ3) is 3.12. The Kier molecular flexibility index (Phi) is 3.69. The summed E-state index contributed by atoms with van der Waals surface area (Å²) in [5, 5.41) is 6.11. The second kappa shape index (κ2) is 6.92. The molecule has 0 atom stereocenters. The van der Waals surface area contributed by atoms with Crippen molar-refractivity contribution in [1.82, 2.24) is 19.7 Å². The van der Waals surface area contributed by atoms with E-state index in [0.29, 0.717) is 16.5 Å². The van der Waals surface area contributed by atoms with Crippen LogP contribution in [0.4, 0.5) is 0 Å². The van der Waals surface area contributed by atoms with E-state index in [2.05, 4.69) is 22.2 Å². The van der Waals surface area contributed by atoms with E-state index in [1.165, 1.54) is 11.1 Å². The van der Waals surface area contributed by atoms with Gasteiger partial charge >= 0.3 is 0 Å². The first-order valence-electron chi connectivity index (χ1n) is 11.4. The minimum Gasteiger partial charge on any atom is -0.328 e. The quantitative estimate of drug-likeness (QED) is 0.440. The van der Waals surface area contributed by atoms with Crippen molar-refractivity contribution < 1.29 is 7.54 Å². The standard InChI is InChI=1S/C25H21ClN4O/c1-29-12-21-17(4-2-6-23(21)28-29)16-10-19(15-7-8-15)20(22(26)11-16)13-30-14-24-18(25(30)31)5-3-9-27-24/h2-6,9-12,15H,7-8,13-14H2,1H3/i14D2. The lowest BCUT2D eigenvalue weighted by Crippen LogP contribution is -2.24. The molecule has 1 fully saturated rings. The number of nitrogens with zero attached hydrogens (tertiary/aromatic N) is 4. The molecule has 5 nitrogen and oxygen atoms in total. The summed E-state index contributed by atoms with van der Waals surface area (Å²) in [5.41, 5.74) is 5.36. The van der Waals surface area contributed by atoms with Gasteiger partial charge in [0.05, 0.1) is 26.0 Å². The second-order valence-electron chi connectivity index (χ2n) is 8.24. The number of hydrogen-bond acceptors (Lipinski definition) is 3. The molecule has 31 heavy (non-hydrogen) atoms. The number of rotatable bonds is 4. The summed E-state index contributed by atoms with van der Waals surface area (Å²) in [4.78, 5) is 18.5. The molecule has 0 saturated heterocycles. The molecular weight excluding hydrogens is 408 g/mol. The van der Waals surface area contributed by atoms with Crippen molar-refractivity contribution in [2.45, 2.75) is 31.8 Å². The van der Waals surface area contributed by atoms with Gasteiger partial charge in [-0.1, -0.05) is 29.8 Å². The number of amides is 1. The third-order valence-electron chi connectivity index (χ3n) is 6.06. The van der Waals surface area contributed by atoms with E-state index >= 15 is 0 Å². The van der Waals surface area contributed by atoms with Crippen LogP contribution in [-0.4, -0.2) is 25.6 Å². The summed E-state index contributed by atoms with van der Waals surface area (Å²) in [5.74, 6) is 0.0137. The molecule has 1 saturated carbocycles. The Morgan fingerprint density at radius 1 is 1.19 bits per heavy atom. The molecule has 154 valence electrons. The Balaban J connectivity index is 1.45. The maximum Gasteiger partial charge on any atom is 0.256 e. The first-order valence-corrected chi connectivity index (χ1v) is 10.7. The third-order valence-corrected chi connectivity index (χ3v) is 6.40. The van der Waals surface area contributed by atoms with Crippen LogP contribution in [0.5, 0.6) is 0 Å². The highest BCUT2D eigenvalue weighted by molar-refractivity contribution is 6.32. The normalized spacial score (nSPS) is 18.3. The van der Waals surface area contributed by atoms with Gasteiger partial charge in [0.25, 0.3) is 5.91 Å². The highest BCUT2D eigenvalue weighted by atomic mass is 35.5. The van der Waals surface area contributed by atoms with Gasteiger partial charge in [-0.3, -0.25) is 14.5 Å². The van der Waals surface area contributed by atoms with Gasteiger partial charge < -0.3 is 4.90 Å². The van der Waals surface area contributed by atoms with Gasteiger partial charge in [-0.15, -0.1) is 0 Å².